The fraction of sp³-hybridized carbons (Fsp3) is 0.182. The maximum Gasteiger partial charge on any atom is 0.573 e. The lowest BCUT2D eigenvalue weighted by Gasteiger charge is -2.16. The smallest absolute Gasteiger partial charge is 0.487 e. The normalized spacial score (nSPS) is 11.3. The van der Waals surface area contributed by atoms with E-state index in [1.165, 1.54) is 34.9 Å². The van der Waals surface area contributed by atoms with Crippen LogP contribution >= 0.6 is 23.2 Å². The number of carboxylic acids is 1. The summed E-state index contributed by atoms with van der Waals surface area (Å²) in [5, 5.41) is 9.03. The Morgan fingerprint density at radius 1 is 1.00 bits per heavy atom. The predicted molar refractivity (Wildman–Crippen MR) is 115 cm³/mol. The molecule has 11 heteroatoms. The third-order valence-corrected chi connectivity index (χ3v) is 5.14. The first-order valence-electron chi connectivity index (χ1n) is 9.42. The second-order valence-electron chi connectivity index (χ2n) is 6.81. The Balaban J connectivity index is 1.80. The largest absolute Gasteiger partial charge is 0.573 e. The zero-order chi connectivity index (χ0) is 24.2. The second-order valence-corrected chi connectivity index (χ2v) is 7.62. The molecule has 1 heterocycles. The first kappa shape index (κ1) is 24.5. The third kappa shape index (κ3) is 6.66. The molecular formula is C22H16Cl2F3NO5. The molecule has 1 N–H and O–H groups in total. The van der Waals surface area contributed by atoms with Crippen molar-refractivity contribution in [1.82, 2.24) is 4.57 Å². The van der Waals surface area contributed by atoms with Crippen LogP contribution in [0.2, 0.25) is 10.0 Å². The van der Waals surface area contributed by atoms with Crippen molar-refractivity contribution in [2.24, 2.45) is 0 Å². The molecule has 3 aromatic rings. The summed E-state index contributed by atoms with van der Waals surface area (Å²) in [6.07, 6.45) is -4.49. The monoisotopic (exact) mass is 501 g/mol. The van der Waals surface area contributed by atoms with E-state index in [0.29, 0.717) is 6.42 Å². The van der Waals surface area contributed by atoms with Crippen LogP contribution in [-0.2, 0) is 19.6 Å². The number of ether oxygens (including phenoxy) is 2. The fourth-order valence-electron chi connectivity index (χ4n) is 2.99. The molecule has 6 nitrogen and oxygen atoms in total. The van der Waals surface area contributed by atoms with E-state index < -0.39 is 23.6 Å². The van der Waals surface area contributed by atoms with E-state index in [1.54, 1.807) is 12.1 Å². The average molecular weight is 502 g/mol. The van der Waals surface area contributed by atoms with E-state index >= 15 is 0 Å². The number of hydrogen-bond acceptors (Lipinski definition) is 4. The highest BCUT2D eigenvalue weighted by molar-refractivity contribution is 6.34. The molecule has 0 fully saturated rings. The Morgan fingerprint density at radius 2 is 1.67 bits per heavy atom. The number of pyridine rings is 1. The predicted octanol–water partition coefficient (Wildman–Crippen LogP) is 5.57. The number of hydrogen-bond donors (Lipinski definition) is 1. The van der Waals surface area contributed by atoms with Crippen molar-refractivity contribution < 1.29 is 32.5 Å². The lowest BCUT2D eigenvalue weighted by Crippen LogP contribution is -2.26. The van der Waals surface area contributed by atoms with Crippen LogP contribution in [0.4, 0.5) is 13.2 Å². The number of halogens is 5. The number of nitrogens with zero attached hydrogens (tertiary/aromatic N) is 1. The second kappa shape index (κ2) is 10.2. The minimum Gasteiger partial charge on any atom is -0.487 e. The van der Waals surface area contributed by atoms with E-state index in [9.17, 15) is 22.8 Å². The number of alkyl halides is 3. The number of rotatable bonds is 8. The van der Waals surface area contributed by atoms with Gasteiger partial charge in [0.15, 0.2) is 0 Å². The standard InChI is InChI=1S/C22H16Cl2F3NO5/c23-17-11-18(24)20(29)28(9-8-13-4-6-14(7-5-13)21(30)31)19(17)12-32-15-2-1-3-16(10-15)33-22(25,26)27/h1-7,10-11H,8-9,12H2,(H,30,31). The maximum atomic E-state index is 12.6. The zero-order valence-corrected chi connectivity index (χ0v) is 18.2. The third-order valence-electron chi connectivity index (χ3n) is 4.54. The molecule has 1 aromatic heterocycles. The van der Waals surface area contributed by atoms with E-state index in [4.69, 9.17) is 33.0 Å². The van der Waals surface area contributed by atoms with E-state index in [2.05, 4.69) is 4.74 Å². The molecule has 0 amide bonds. The van der Waals surface area contributed by atoms with Crippen LogP contribution in [0.3, 0.4) is 0 Å². The average Bonchev–Trinajstić information content (AvgIpc) is 2.74. The van der Waals surface area contributed by atoms with Gasteiger partial charge in [-0.25, -0.2) is 4.79 Å². The number of aryl methyl sites for hydroxylation is 1. The molecule has 0 unspecified atom stereocenters. The van der Waals surface area contributed by atoms with E-state index in [1.807, 2.05) is 0 Å². The number of aromatic carboxylic acids is 1. The lowest BCUT2D eigenvalue weighted by atomic mass is 10.1. The van der Waals surface area contributed by atoms with Gasteiger partial charge in [0.1, 0.15) is 23.1 Å². The molecule has 0 aliphatic heterocycles. The van der Waals surface area contributed by atoms with Crippen molar-refractivity contribution in [2.75, 3.05) is 0 Å². The molecule has 0 aliphatic rings. The molecule has 2 aromatic carbocycles. The van der Waals surface area contributed by atoms with E-state index in [0.717, 1.165) is 17.7 Å². The van der Waals surface area contributed by atoms with Crippen molar-refractivity contribution in [3.05, 3.63) is 91.8 Å². The molecule has 0 aliphatic carbocycles. The van der Waals surface area contributed by atoms with Gasteiger partial charge in [-0.15, -0.1) is 13.2 Å². The molecule has 0 saturated heterocycles. The summed E-state index contributed by atoms with van der Waals surface area (Å²) >= 11 is 12.2. The highest BCUT2D eigenvalue weighted by Gasteiger charge is 2.31. The number of carboxylic acid groups (broad SMARTS) is 1. The van der Waals surface area contributed by atoms with Crippen LogP contribution in [0.1, 0.15) is 21.6 Å². The summed E-state index contributed by atoms with van der Waals surface area (Å²) < 4.78 is 48.1. The minimum atomic E-state index is -4.85. The summed E-state index contributed by atoms with van der Waals surface area (Å²) in [6, 6.07) is 12.4. The summed E-state index contributed by atoms with van der Waals surface area (Å²) in [4.78, 5) is 23.6. The lowest BCUT2D eigenvalue weighted by molar-refractivity contribution is -0.274. The van der Waals surface area contributed by atoms with Crippen molar-refractivity contribution in [3.63, 3.8) is 0 Å². The molecule has 0 saturated carbocycles. The van der Waals surface area contributed by atoms with Gasteiger partial charge in [-0.2, -0.15) is 0 Å². The van der Waals surface area contributed by atoms with Crippen LogP contribution < -0.4 is 15.0 Å². The van der Waals surface area contributed by atoms with Crippen LogP contribution in [0, 0.1) is 0 Å². The number of benzene rings is 2. The number of aromatic nitrogens is 1. The Hall–Kier alpha value is -3.17. The fourth-order valence-corrected chi connectivity index (χ4v) is 3.52. The van der Waals surface area contributed by atoms with E-state index in [-0.39, 0.29) is 40.2 Å². The Bertz CT molecular complexity index is 1210. The summed E-state index contributed by atoms with van der Waals surface area (Å²) in [5.41, 5.74) is 0.658. The summed E-state index contributed by atoms with van der Waals surface area (Å²) in [5.74, 6) is -1.43. The molecule has 0 spiro atoms. The van der Waals surface area contributed by atoms with Gasteiger partial charge in [-0.3, -0.25) is 4.79 Å². The zero-order valence-electron chi connectivity index (χ0n) is 16.7. The van der Waals surface area contributed by atoms with Gasteiger partial charge in [-0.1, -0.05) is 41.4 Å². The highest BCUT2D eigenvalue weighted by atomic mass is 35.5. The van der Waals surface area contributed by atoms with Gasteiger partial charge in [-0.05, 0) is 42.3 Å². The van der Waals surface area contributed by atoms with Crippen molar-refractivity contribution in [2.45, 2.75) is 25.9 Å². The number of carbonyl (C=O) groups is 1. The Morgan fingerprint density at radius 3 is 2.30 bits per heavy atom. The molecule has 0 bridgehead atoms. The van der Waals surface area contributed by atoms with Crippen LogP contribution in [-0.4, -0.2) is 22.0 Å². The van der Waals surface area contributed by atoms with Crippen molar-refractivity contribution >= 4 is 29.2 Å². The first-order chi connectivity index (χ1) is 15.5. The molecule has 0 radical (unpaired) electrons. The van der Waals surface area contributed by atoms with Gasteiger partial charge in [0.2, 0.25) is 0 Å². The maximum absolute atomic E-state index is 12.6. The quantitative estimate of drug-likeness (QED) is 0.436. The SMILES string of the molecule is O=C(O)c1ccc(CCn2c(COc3cccc(OC(F)(F)F)c3)c(Cl)cc(Cl)c2=O)cc1. The molecule has 33 heavy (non-hydrogen) atoms. The molecule has 174 valence electrons. The van der Waals surface area contributed by atoms with Crippen LogP contribution in [0.5, 0.6) is 11.5 Å². The molecular weight excluding hydrogens is 486 g/mol. The molecule has 0 atom stereocenters. The van der Waals surface area contributed by atoms with Gasteiger partial charge in [0.05, 0.1) is 16.3 Å². The van der Waals surface area contributed by atoms with Crippen LogP contribution in [0.15, 0.2) is 59.4 Å². The van der Waals surface area contributed by atoms with Gasteiger partial charge in [0, 0.05) is 12.6 Å². The summed E-state index contributed by atoms with van der Waals surface area (Å²) in [7, 11) is 0. The van der Waals surface area contributed by atoms with Crippen molar-refractivity contribution in [1.29, 1.82) is 0 Å². The molecule has 3 rings (SSSR count). The first-order valence-corrected chi connectivity index (χ1v) is 10.2. The Labute approximate surface area is 195 Å². The summed E-state index contributed by atoms with van der Waals surface area (Å²) in [6.45, 7) is -0.0693. The minimum absolute atomic E-state index is 0.0750. The topological polar surface area (TPSA) is 77.8 Å². The van der Waals surface area contributed by atoms with Gasteiger partial charge < -0.3 is 19.1 Å². The van der Waals surface area contributed by atoms with Gasteiger partial charge >= 0.3 is 12.3 Å². The Kier molecular flexibility index (Phi) is 7.55. The van der Waals surface area contributed by atoms with Crippen molar-refractivity contribution in [3.8, 4) is 11.5 Å². The van der Waals surface area contributed by atoms with Gasteiger partial charge in [0.25, 0.3) is 5.56 Å². The highest BCUT2D eigenvalue weighted by Crippen LogP contribution is 2.27. The van der Waals surface area contributed by atoms with Crippen LogP contribution in [0.25, 0.3) is 0 Å².